The molecule has 2 heterocycles. The highest BCUT2D eigenvalue weighted by molar-refractivity contribution is 6.30. The summed E-state index contributed by atoms with van der Waals surface area (Å²) in [6, 6.07) is 8.73. The summed E-state index contributed by atoms with van der Waals surface area (Å²) >= 11 is 5.97. The Kier molecular flexibility index (Phi) is 5.34. The molecule has 2 aromatic rings. The normalized spacial score (nSPS) is 16.2. The van der Waals surface area contributed by atoms with Crippen molar-refractivity contribution in [3.8, 4) is 0 Å². The van der Waals surface area contributed by atoms with Gasteiger partial charge in [-0.25, -0.2) is 4.79 Å². The van der Waals surface area contributed by atoms with E-state index in [1.165, 1.54) is 6.07 Å². The van der Waals surface area contributed by atoms with E-state index in [1.54, 1.807) is 19.1 Å². The quantitative estimate of drug-likeness (QED) is 0.834. The topological polar surface area (TPSA) is 88.8 Å². The molecule has 0 saturated carbocycles. The molecule has 0 aliphatic carbocycles. The van der Waals surface area contributed by atoms with E-state index in [2.05, 4.69) is 5.32 Å². The summed E-state index contributed by atoms with van der Waals surface area (Å²) in [6.45, 7) is 2.71. The summed E-state index contributed by atoms with van der Waals surface area (Å²) < 4.78 is 10.9. The number of carbonyl (C=O) groups is 2. The van der Waals surface area contributed by atoms with Crippen molar-refractivity contribution < 1.29 is 23.8 Å². The first-order valence-corrected chi connectivity index (χ1v) is 8.75. The van der Waals surface area contributed by atoms with Crippen LogP contribution in [0.5, 0.6) is 0 Å². The largest absolute Gasteiger partial charge is 0.478 e. The molecule has 3 rings (SSSR count). The van der Waals surface area contributed by atoms with Crippen molar-refractivity contribution in [2.24, 2.45) is 0 Å². The van der Waals surface area contributed by atoms with Gasteiger partial charge in [0.15, 0.2) is 0 Å². The van der Waals surface area contributed by atoms with Crippen LogP contribution in [0.4, 0.5) is 0 Å². The Morgan fingerprint density at radius 1 is 1.23 bits per heavy atom. The Bertz CT molecular complexity index is 806. The van der Waals surface area contributed by atoms with Gasteiger partial charge in [-0.2, -0.15) is 0 Å². The van der Waals surface area contributed by atoms with E-state index in [4.69, 9.17) is 25.9 Å². The number of ether oxygens (including phenoxy) is 1. The van der Waals surface area contributed by atoms with Gasteiger partial charge in [-0.1, -0.05) is 23.7 Å². The van der Waals surface area contributed by atoms with Crippen molar-refractivity contribution in [3.05, 3.63) is 58.0 Å². The molecule has 7 heteroatoms. The van der Waals surface area contributed by atoms with E-state index >= 15 is 0 Å². The number of aryl methyl sites for hydroxylation is 1. The van der Waals surface area contributed by atoms with Crippen molar-refractivity contribution >= 4 is 23.5 Å². The third-order valence-corrected chi connectivity index (χ3v) is 5.05. The van der Waals surface area contributed by atoms with Crippen molar-refractivity contribution in [1.82, 2.24) is 5.32 Å². The molecule has 1 saturated heterocycles. The smallest absolute Gasteiger partial charge is 0.339 e. The maximum atomic E-state index is 13.0. The average molecular weight is 378 g/mol. The third kappa shape index (κ3) is 3.61. The number of carboxylic acid groups (broad SMARTS) is 1. The predicted octanol–water partition coefficient (Wildman–Crippen LogP) is 3.30. The van der Waals surface area contributed by atoms with Crippen molar-refractivity contribution in [2.45, 2.75) is 31.7 Å². The lowest BCUT2D eigenvalue weighted by molar-refractivity contribution is -0.130. The van der Waals surface area contributed by atoms with Crippen LogP contribution in [0.3, 0.4) is 0 Å². The number of hydrogen-bond acceptors (Lipinski definition) is 4. The highest BCUT2D eigenvalue weighted by Gasteiger charge is 2.41. The minimum atomic E-state index is -1.05. The highest BCUT2D eigenvalue weighted by Crippen LogP contribution is 2.36. The number of hydrogen-bond donors (Lipinski definition) is 2. The summed E-state index contributed by atoms with van der Waals surface area (Å²) in [5.74, 6) is -0.452. The number of halogens is 1. The molecule has 0 unspecified atom stereocenters. The molecule has 0 radical (unpaired) electrons. The van der Waals surface area contributed by atoms with E-state index < -0.39 is 11.4 Å². The first-order valence-electron chi connectivity index (χ1n) is 8.37. The molecule has 2 N–H and O–H groups in total. The van der Waals surface area contributed by atoms with Crippen LogP contribution >= 0.6 is 11.6 Å². The number of nitrogens with one attached hydrogen (secondary N) is 1. The Hall–Kier alpha value is -2.31. The standard InChI is InChI=1S/C19H20ClNO5/c1-12-16(17(22)23)10-15(26-12)11-21-18(24)19(6-8-25-9-7-19)13-2-4-14(20)5-3-13/h2-5,10H,6-9,11H2,1H3,(H,21,24)(H,22,23). The number of carboxylic acids is 1. The van der Waals surface area contributed by atoms with Crippen LogP contribution in [-0.4, -0.2) is 30.2 Å². The van der Waals surface area contributed by atoms with E-state index in [0.717, 1.165) is 5.56 Å². The zero-order chi connectivity index (χ0) is 18.7. The lowest BCUT2D eigenvalue weighted by Gasteiger charge is -2.36. The van der Waals surface area contributed by atoms with Gasteiger partial charge in [0.2, 0.25) is 5.91 Å². The molecule has 6 nitrogen and oxygen atoms in total. The molecule has 0 spiro atoms. The van der Waals surface area contributed by atoms with Gasteiger partial charge in [-0.15, -0.1) is 0 Å². The zero-order valence-corrected chi connectivity index (χ0v) is 15.1. The SMILES string of the molecule is Cc1oc(CNC(=O)C2(c3ccc(Cl)cc3)CCOCC2)cc1C(=O)O. The molecule has 1 aromatic carbocycles. The first kappa shape index (κ1) is 18.5. The molecular formula is C19H20ClNO5. The van der Waals surface area contributed by atoms with Crippen molar-refractivity contribution in [3.63, 3.8) is 0 Å². The summed E-state index contributed by atoms with van der Waals surface area (Å²) in [4.78, 5) is 24.2. The van der Waals surface area contributed by atoms with Gasteiger partial charge < -0.3 is 19.6 Å². The summed E-state index contributed by atoms with van der Waals surface area (Å²) in [6.07, 6.45) is 1.13. The predicted molar refractivity (Wildman–Crippen MR) is 95.4 cm³/mol. The second-order valence-corrected chi connectivity index (χ2v) is 6.81. The zero-order valence-electron chi connectivity index (χ0n) is 14.4. The number of carbonyl (C=O) groups excluding carboxylic acids is 1. The minimum absolute atomic E-state index is 0.104. The second-order valence-electron chi connectivity index (χ2n) is 6.37. The Balaban J connectivity index is 1.79. The molecule has 138 valence electrons. The number of amides is 1. The molecule has 0 bridgehead atoms. The van der Waals surface area contributed by atoms with Crippen LogP contribution in [0.2, 0.25) is 5.02 Å². The first-order chi connectivity index (χ1) is 12.4. The lowest BCUT2D eigenvalue weighted by Crippen LogP contribution is -2.47. The number of rotatable bonds is 5. The van der Waals surface area contributed by atoms with E-state index in [0.29, 0.717) is 42.6 Å². The summed E-state index contributed by atoms with van der Waals surface area (Å²) in [5.41, 5.74) is 0.303. The van der Waals surface area contributed by atoms with Crippen LogP contribution in [0.25, 0.3) is 0 Å². The van der Waals surface area contributed by atoms with Crippen LogP contribution in [-0.2, 0) is 21.5 Å². The molecule has 1 aliphatic heterocycles. The molecule has 1 amide bonds. The fourth-order valence-electron chi connectivity index (χ4n) is 3.32. The fraction of sp³-hybridized carbons (Fsp3) is 0.368. The van der Waals surface area contributed by atoms with Gasteiger partial charge in [0.25, 0.3) is 0 Å². The van der Waals surface area contributed by atoms with Crippen molar-refractivity contribution in [2.75, 3.05) is 13.2 Å². The van der Waals surface area contributed by atoms with Gasteiger partial charge in [0.1, 0.15) is 17.1 Å². The van der Waals surface area contributed by atoms with Gasteiger partial charge in [0, 0.05) is 18.2 Å². The number of aromatic carboxylic acids is 1. The third-order valence-electron chi connectivity index (χ3n) is 4.80. The summed E-state index contributed by atoms with van der Waals surface area (Å²) in [5, 5.41) is 12.6. The second kappa shape index (κ2) is 7.51. The van der Waals surface area contributed by atoms with Crippen LogP contribution in [0.1, 0.15) is 40.3 Å². The van der Waals surface area contributed by atoms with Gasteiger partial charge >= 0.3 is 5.97 Å². The van der Waals surface area contributed by atoms with E-state index in [-0.39, 0.29) is 18.0 Å². The Labute approximate surface area is 156 Å². The van der Waals surface area contributed by atoms with Crippen LogP contribution < -0.4 is 5.32 Å². The molecular weight excluding hydrogens is 358 g/mol. The fourth-order valence-corrected chi connectivity index (χ4v) is 3.44. The number of furan rings is 1. The van der Waals surface area contributed by atoms with Crippen molar-refractivity contribution in [1.29, 1.82) is 0 Å². The van der Waals surface area contributed by atoms with Crippen LogP contribution in [0, 0.1) is 6.92 Å². The minimum Gasteiger partial charge on any atom is -0.478 e. The molecule has 1 aromatic heterocycles. The summed E-state index contributed by atoms with van der Waals surface area (Å²) in [7, 11) is 0. The van der Waals surface area contributed by atoms with Gasteiger partial charge in [-0.05, 0) is 43.5 Å². The maximum Gasteiger partial charge on any atom is 0.339 e. The Morgan fingerprint density at radius 3 is 2.46 bits per heavy atom. The molecule has 0 atom stereocenters. The van der Waals surface area contributed by atoms with Gasteiger partial charge in [0.05, 0.1) is 12.0 Å². The Morgan fingerprint density at radius 2 is 1.88 bits per heavy atom. The van der Waals surface area contributed by atoms with E-state index in [9.17, 15) is 9.59 Å². The lowest BCUT2D eigenvalue weighted by atomic mass is 9.73. The van der Waals surface area contributed by atoms with E-state index in [1.807, 2.05) is 12.1 Å². The maximum absolute atomic E-state index is 13.0. The van der Waals surface area contributed by atoms with Crippen LogP contribution in [0.15, 0.2) is 34.7 Å². The molecule has 1 aliphatic rings. The number of benzene rings is 1. The molecule has 1 fully saturated rings. The van der Waals surface area contributed by atoms with Gasteiger partial charge in [-0.3, -0.25) is 4.79 Å². The monoisotopic (exact) mass is 377 g/mol. The molecule has 26 heavy (non-hydrogen) atoms. The highest BCUT2D eigenvalue weighted by atomic mass is 35.5. The average Bonchev–Trinajstić information content (AvgIpc) is 3.02.